The van der Waals surface area contributed by atoms with Crippen LogP contribution in [0.2, 0.25) is 0 Å². The van der Waals surface area contributed by atoms with Crippen LogP contribution < -0.4 is 0 Å². The minimum absolute atomic E-state index is 0.296. The van der Waals surface area contributed by atoms with Crippen LogP contribution in [0.25, 0.3) is 0 Å². The van der Waals surface area contributed by atoms with Crippen molar-refractivity contribution >= 4 is 0 Å². The molecule has 2 heteroatoms. The lowest BCUT2D eigenvalue weighted by atomic mass is 10.2. The molecule has 0 amide bonds. The van der Waals surface area contributed by atoms with Gasteiger partial charge in [-0.25, -0.2) is 0 Å². The van der Waals surface area contributed by atoms with Gasteiger partial charge in [0, 0.05) is 17.4 Å². The zero-order valence-corrected chi connectivity index (χ0v) is 7.83. The zero-order chi connectivity index (χ0) is 9.14. The minimum Gasteiger partial charge on any atom is -0.345 e. The fraction of sp³-hybridized carbons (Fsp3) is 0.500. The summed E-state index contributed by atoms with van der Waals surface area (Å²) < 4.78 is 2.20. The summed E-state index contributed by atoms with van der Waals surface area (Å²) >= 11 is 0. The van der Waals surface area contributed by atoms with Gasteiger partial charge in [0.05, 0.1) is 12.5 Å². The zero-order valence-electron chi connectivity index (χ0n) is 7.83. The van der Waals surface area contributed by atoms with Crippen molar-refractivity contribution in [2.75, 3.05) is 0 Å². The highest BCUT2D eigenvalue weighted by Gasteiger charge is 2.07. The molecule has 12 heavy (non-hydrogen) atoms. The first-order chi connectivity index (χ1) is 5.66. The lowest BCUT2D eigenvalue weighted by molar-refractivity contribution is 0.538. The molecule has 0 fully saturated rings. The SMILES string of the molecule is Cc1ccc(C)n1C(C)CC#N. The summed E-state index contributed by atoms with van der Waals surface area (Å²) in [4.78, 5) is 0. The van der Waals surface area contributed by atoms with E-state index in [0.717, 1.165) is 0 Å². The second kappa shape index (κ2) is 3.44. The van der Waals surface area contributed by atoms with Gasteiger partial charge in [-0.3, -0.25) is 0 Å². The molecule has 1 aromatic heterocycles. The van der Waals surface area contributed by atoms with Gasteiger partial charge in [0.25, 0.3) is 0 Å². The first-order valence-corrected chi connectivity index (χ1v) is 4.18. The van der Waals surface area contributed by atoms with E-state index >= 15 is 0 Å². The van der Waals surface area contributed by atoms with Crippen molar-refractivity contribution < 1.29 is 0 Å². The Morgan fingerprint density at radius 3 is 2.33 bits per heavy atom. The molecular formula is C10H14N2. The summed E-state index contributed by atoms with van der Waals surface area (Å²) in [6, 6.07) is 6.66. The van der Waals surface area contributed by atoms with Crippen LogP contribution in [0.3, 0.4) is 0 Å². The lowest BCUT2D eigenvalue weighted by Gasteiger charge is -2.14. The van der Waals surface area contributed by atoms with Gasteiger partial charge in [0.1, 0.15) is 0 Å². The number of nitriles is 1. The topological polar surface area (TPSA) is 28.7 Å². The van der Waals surface area contributed by atoms with E-state index in [4.69, 9.17) is 5.26 Å². The van der Waals surface area contributed by atoms with Crippen LogP contribution in [0.15, 0.2) is 12.1 Å². The molecule has 2 nitrogen and oxygen atoms in total. The number of aromatic nitrogens is 1. The van der Waals surface area contributed by atoms with E-state index in [1.54, 1.807) is 0 Å². The highest BCUT2D eigenvalue weighted by atomic mass is 15.0. The molecule has 0 saturated heterocycles. The maximum absolute atomic E-state index is 8.55. The third-order valence-corrected chi connectivity index (χ3v) is 2.15. The summed E-state index contributed by atoms with van der Waals surface area (Å²) in [5.74, 6) is 0. The van der Waals surface area contributed by atoms with E-state index in [0.29, 0.717) is 12.5 Å². The Morgan fingerprint density at radius 1 is 1.42 bits per heavy atom. The summed E-state index contributed by atoms with van der Waals surface area (Å²) in [5, 5.41) is 8.55. The second-order valence-electron chi connectivity index (χ2n) is 3.20. The minimum atomic E-state index is 0.296. The quantitative estimate of drug-likeness (QED) is 0.657. The van der Waals surface area contributed by atoms with Crippen molar-refractivity contribution in [1.82, 2.24) is 4.57 Å². The van der Waals surface area contributed by atoms with Crippen molar-refractivity contribution in [3.8, 4) is 6.07 Å². The van der Waals surface area contributed by atoms with Gasteiger partial charge in [-0.1, -0.05) is 0 Å². The molecule has 0 aliphatic carbocycles. The summed E-state index contributed by atoms with van der Waals surface area (Å²) in [6.07, 6.45) is 0.580. The lowest BCUT2D eigenvalue weighted by Crippen LogP contribution is -2.07. The third kappa shape index (κ3) is 1.50. The highest BCUT2D eigenvalue weighted by molar-refractivity contribution is 5.15. The first-order valence-electron chi connectivity index (χ1n) is 4.18. The Morgan fingerprint density at radius 2 is 1.92 bits per heavy atom. The average Bonchev–Trinajstić information content (AvgIpc) is 2.32. The standard InChI is InChI=1S/C10H14N2/c1-8-4-5-9(2)12(8)10(3)6-7-11/h4-5,10H,6H2,1-3H3. The van der Waals surface area contributed by atoms with Gasteiger partial charge in [-0.05, 0) is 32.9 Å². The van der Waals surface area contributed by atoms with Crippen LogP contribution in [0, 0.1) is 25.2 Å². The molecule has 0 bridgehead atoms. The summed E-state index contributed by atoms with van der Waals surface area (Å²) in [6.45, 7) is 6.21. The molecule has 0 aliphatic rings. The molecule has 0 aliphatic heterocycles. The highest BCUT2D eigenvalue weighted by Crippen LogP contribution is 2.17. The number of rotatable bonds is 2. The smallest absolute Gasteiger partial charge is 0.0643 e. The van der Waals surface area contributed by atoms with Crippen molar-refractivity contribution in [2.24, 2.45) is 0 Å². The van der Waals surface area contributed by atoms with Gasteiger partial charge in [0.15, 0.2) is 0 Å². The largest absolute Gasteiger partial charge is 0.345 e. The van der Waals surface area contributed by atoms with E-state index in [-0.39, 0.29) is 0 Å². The van der Waals surface area contributed by atoms with E-state index in [9.17, 15) is 0 Å². The molecule has 1 rings (SSSR count). The van der Waals surface area contributed by atoms with Crippen molar-refractivity contribution in [3.05, 3.63) is 23.5 Å². The molecule has 0 aromatic carbocycles. The first kappa shape index (κ1) is 8.86. The molecule has 0 spiro atoms. The summed E-state index contributed by atoms with van der Waals surface area (Å²) in [5.41, 5.74) is 2.46. The molecule has 0 N–H and O–H groups in total. The van der Waals surface area contributed by atoms with Crippen LogP contribution in [0.4, 0.5) is 0 Å². The molecular weight excluding hydrogens is 148 g/mol. The molecule has 1 heterocycles. The molecule has 0 saturated carbocycles. The number of hydrogen-bond donors (Lipinski definition) is 0. The monoisotopic (exact) mass is 162 g/mol. The average molecular weight is 162 g/mol. The predicted molar refractivity (Wildman–Crippen MR) is 48.8 cm³/mol. The molecule has 0 radical (unpaired) electrons. The number of nitrogens with zero attached hydrogens (tertiary/aromatic N) is 2. The van der Waals surface area contributed by atoms with E-state index in [1.807, 2.05) is 0 Å². The van der Waals surface area contributed by atoms with Crippen LogP contribution >= 0.6 is 0 Å². The number of hydrogen-bond acceptors (Lipinski definition) is 1. The van der Waals surface area contributed by atoms with Crippen LogP contribution in [0.1, 0.15) is 30.8 Å². The van der Waals surface area contributed by atoms with Crippen LogP contribution in [-0.4, -0.2) is 4.57 Å². The van der Waals surface area contributed by atoms with E-state index in [1.165, 1.54) is 11.4 Å². The predicted octanol–water partition coefficient (Wildman–Crippen LogP) is 2.58. The van der Waals surface area contributed by atoms with Gasteiger partial charge < -0.3 is 4.57 Å². The Balaban J connectivity index is 2.94. The van der Waals surface area contributed by atoms with Crippen molar-refractivity contribution in [1.29, 1.82) is 5.26 Å². The third-order valence-electron chi connectivity index (χ3n) is 2.15. The maximum Gasteiger partial charge on any atom is 0.0643 e. The Kier molecular flexibility index (Phi) is 2.54. The number of aryl methyl sites for hydroxylation is 2. The fourth-order valence-corrected chi connectivity index (χ4v) is 1.60. The van der Waals surface area contributed by atoms with Gasteiger partial charge in [-0.2, -0.15) is 5.26 Å². The van der Waals surface area contributed by atoms with Crippen molar-refractivity contribution in [3.63, 3.8) is 0 Å². The van der Waals surface area contributed by atoms with Crippen LogP contribution in [0.5, 0.6) is 0 Å². The normalized spacial score (nSPS) is 12.5. The van der Waals surface area contributed by atoms with E-state index < -0.39 is 0 Å². The van der Waals surface area contributed by atoms with E-state index in [2.05, 4.69) is 43.5 Å². The van der Waals surface area contributed by atoms with Gasteiger partial charge in [0.2, 0.25) is 0 Å². The molecule has 1 atom stereocenters. The fourth-order valence-electron chi connectivity index (χ4n) is 1.60. The van der Waals surface area contributed by atoms with Crippen molar-refractivity contribution in [2.45, 2.75) is 33.2 Å². The molecule has 1 aromatic rings. The second-order valence-corrected chi connectivity index (χ2v) is 3.20. The summed E-state index contributed by atoms with van der Waals surface area (Å²) in [7, 11) is 0. The van der Waals surface area contributed by atoms with Crippen LogP contribution in [-0.2, 0) is 0 Å². The molecule has 64 valence electrons. The Hall–Kier alpha value is -1.23. The maximum atomic E-state index is 8.55. The Bertz CT molecular complexity index is 285. The van der Waals surface area contributed by atoms with Gasteiger partial charge in [-0.15, -0.1) is 0 Å². The Labute approximate surface area is 73.4 Å². The van der Waals surface area contributed by atoms with Gasteiger partial charge >= 0.3 is 0 Å². The molecule has 1 unspecified atom stereocenters.